The second-order valence-corrected chi connectivity index (χ2v) is 6.64. The van der Waals surface area contributed by atoms with Gasteiger partial charge in [-0.3, -0.25) is 4.79 Å². The molecule has 116 valence electrons. The summed E-state index contributed by atoms with van der Waals surface area (Å²) in [5.41, 5.74) is 2.09. The largest absolute Gasteiger partial charge is 0.375 e. The van der Waals surface area contributed by atoms with E-state index in [1.54, 1.807) is 0 Å². The number of nitrogens with zero attached hydrogens (tertiary/aromatic N) is 1. The van der Waals surface area contributed by atoms with Gasteiger partial charge in [-0.15, -0.1) is 0 Å². The van der Waals surface area contributed by atoms with Crippen LogP contribution in [0, 0.1) is 0 Å². The Kier molecular flexibility index (Phi) is 3.81. The van der Waals surface area contributed by atoms with Crippen molar-refractivity contribution in [3.63, 3.8) is 0 Å². The molecule has 0 atom stereocenters. The molecule has 23 heavy (non-hydrogen) atoms. The highest BCUT2D eigenvalue weighted by molar-refractivity contribution is 7.15. The number of carbonyl (C=O) groups is 1. The molecule has 0 spiro atoms. The third-order valence-electron chi connectivity index (χ3n) is 3.97. The van der Waals surface area contributed by atoms with Crippen LogP contribution in [0.15, 0.2) is 42.5 Å². The first-order valence-electron chi connectivity index (χ1n) is 7.62. The first-order chi connectivity index (χ1) is 11.3. The highest BCUT2D eigenvalue weighted by Crippen LogP contribution is 2.27. The van der Waals surface area contributed by atoms with Crippen LogP contribution in [0.3, 0.4) is 0 Å². The van der Waals surface area contributed by atoms with E-state index >= 15 is 0 Å². The predicted octanol–water partition coefficient (Wildman–Crippen LogP) is 3.55. The number of fused-ring (bicyclic) bond motifs is 2. The van der Waals surface area contributed by atoms with Crippen LogP contribution in [0.1, 0.15) is 16.1 Å². The summed E-state index contributed by atoms with van der Waals surface area (Å²) >= 11 is 1.51. The average molecular weight is 324 g/mol. The van der Waals surface area contributed by atoms with Crippen molar-refractivity contribution in [2.45, 2.75) is 19.4 Å². The summed E-state index contributed by atoms with van der Waals surface area (Å²) in [4.78, 5) is 18.0. The van der Waals surface area contributed by atoms with Crippen LogP contribution < -0.4 is 5.32 Å². The predicted molar refractivity (Wildman–Crippen MR) is 91.8 cm³/mol. The number of ether oxygens (including phenoxy) is 1. The van der Waals surface area contributed by atoms with Gasteiger partial charge in [-0.25, -0.2) is 4.98 Å². The van der Waals surface area contributed by atoms with Gasteiger partial charge in [0, 0.05) is 6.42 Å². The number of thiazole rings is 1. The number of hydrogen-bond acceptors (Lipinski definition) is 4. The lowest BCUT2D eigenvalue weighted by Gasteiger charge is -2.08. The van der Waals surface area contributed by atoms with Crippen molar-refractivity contribution in [2.24, 2.45) is 0 Å². The van der Waals surface area contributed by atoms with Gasteiger partial charge in [0.25, 0.3) is 0 Å². The van der Waals surface area contributed by atoms with Gasteiger partial charge >= 0.3 is 0 Å². The van der Waals surface area contributed by atoms with E-state index in [1.165, 1.54) is 11.3 Å². The molecule has 3 aromatic rings. The monoisotopic (exact) mass is 324 g/mol. The highest BCUT2D eigenvalue weighted by Gasteiger charge is 2.17. The summed E-state index contributed by atoms with van der Waals surface area (Å²) < 4.78 is 5.42. The molecule has 1 aromatic heterocycles. The van der Waals surface area contributed by atoms with Crippen LogP contribution in [0.4, 0.5) is 5.13 Å². The standard InChI is InChI=1S/C18H16N2O2S/c21-17(20-18-19-15-8-9-22-11-16(15)23-18)10-13-6-3-5-12-4-1-2-7-14(12)13/h1-7H,8-11H2,(H,19,20,21). The van der Waals surface area contributed by atoms with Crippen molar-refractivity contribution >= 4 is 33.1 Å². The van der Waals surface area contributed by atoms with Gasteiger partial charge in [0.05, 0.1) is 30.2 Å². The quantitative estimate of drug-likeness (QED) is 0.801. The van der Waals surface area contributed by atoms with Crippen LogP contribution in [-0.2, 0) is 29.0 Å². The number of anilines is 1. The molecule has 0 unspecified atom stereocenters. The van der Waals surface area contributed by atoms with E-state index in [1.807, 2.05) is 24.3 Å². The Labute approximate surface area is 138 Å². The molecule has 1 amide bonds. The third kappa shape index (κ3) is 2.98. The Morgan fingerprint density at radius 2 is 2.09 bits per heavy atom. The molecule has 0 fully saturated rings. The lowest BCUT2D eigenvalue weighted by Crippen LogP contribution is -2.14. The summed E-state index contributed by atoms with van der Waals surface area (Å²) in [5, 5.41) is 5.87. The maximum atomic E-state index is 12.4. The van der Waals surface area contributed by atoms with E-state index in [4.69, 9.17) is 4.74 Å². The molecule has 1 aliphatic rings. The van der Waals surface area contributed by atoms with Crippen molar-refractivity contribution in [1.29, 1.82) is 0 Å². The van der Waals surface area contributed by atoms with Crippen molar-refractivity contribution in [2.75, 3.05) is 11.9 Å². The van der Waals surface area contributed by atoms with Crippen LogP contribution in [0.2, 0.25) is 0 Å². The summed E-state index contributed by atoms with van der Waals surface area (Å²) in [6.07, 6.45) is 1.17. The first-order valence-corrected chi connectivity index (χ1v) is 8.44. The summed E-state index contributed by atoms with van der Waals surface area (Å²) in [6.45, 7) is 1.31. The zero-order chi connectivity index (χ0) is 15.6. The second-order valence-electron chi connectivity index (χ2n) is 5.55. The Bertz CT molecular complexity index is 844. The van der Waals surface area contributed by atoms with Gasteiger partial charge in [0.2, 0.25) is 5.91 Å². The number of carbonyl (C=O) groups excluding carboxylic acids is 1. The fraction of sp³-hybridized carbons (Fsp3) is 0.222. The van der Waals surface area contributed by atoms with Gasteiger partial charge in [-0.2, -0.15) is 0 Å². The van der Waals surface area contributed by atoms with E-state index < -0.39 is 0 Å². The normalized spacial score (nSPS) is 13.7. The number of nitrogens with one attached hydrogen (secondary N) is 1. The Hall–Kier alpha value is -2.24. The van der Waals surface area contributed by atoms with Crippen LogP contribution >= 0.6 is 11.3 Å². The maximum absolute atomic E-state index is 12.4. The lowest BCUT2D eigenvalue weighted by molar-refractivity contribution is -0.115. The van der Waals surface area contributed by atoms with Gasteiger partial charge in [-0.1, -0.05) is 53.8 Å². The molecule has 1 aliphatic heterocycles. The molecule has 2 heterocycles. The zero-order valence-corrected chi connectivity index (χ0v) is 13.4. The number of rotatable bonds is 3. The first kappa shape index (κ1) is 14.4. The zero-order valence-electron chi connectivity index (χ0n) is 12.5. The van der Waals surface area contributed by atoms with Crippen LogP contribution in [0.25, 0.3) is 10.8 Å². The Morgan fingerprint density at radius 1 is 1.22 bits per heavy atom. The molecule has 1 N–H and O–H groups in total. The van der Waals surface area contributed by atoms with Gasteiger partial charge in [-0.05, 0) is 16.3 Å². The fourth-order valence-corrected chi connectivity index (χ4v) is 3.82. The number of hydrogen-bond donors (Lipinski definition) is 1. The average Bonchev–Trinajstić information content (AvgIpc) is 2.97. The molecule has 0 saturated carbocycles. The molecule has 2 aromatic carbocycles. The SMILES string of the molecule is O=C(Cc1cccc2ccccc12)Nc1nc2c(s1)COCC2. The fourth-order valence-electron chi connectivity index (χ4n) is 2.86. The summed E-state index contributed by atoms with van der Waals surface area (Å²) in [5.74, 6) is -0.0339. The van der Waals surface area contributed by atoms with Crippen molar-refractivity contribution in [3.05, 3.63) is 58.6 Å². The minimum Gasteiger partial charge on any atom is -0.375 e. The molecular weight excluding hydrogens is 308 g/mol. The minimum absolute atomic E-state index is 0.0339. The van der Waals surface area contributed by atoms with E-state index in [9.17, 15) is 4.79 Å². The van der Waals surface area contributed by atoms with Crippen molar-refractivity contribution in [3.8, 4) is 0 Å². The van der Waals surface area contributed by atoms with Gasteiger partial charge < -0.3 is 10.1 Å². The third-order valence-corrected chi connectivity index (χ3v) is 4.96. The van der Waals surface area contributed by atoms with Crippen molar-refractivity contribution in [1.82, 2.24) is 4.98 Å². The topological polar surface area (TPSA) is 51.2 Å². The molecule has 4 nitrogen and oxygen atoms in total. The maximum Gasteiger partial charge on any atom is 0.230 e. The van der Waals surface area contributed by atoms with Crippen LogP contribution in [-0.4, -0.2) is 17.5 Å². The molecule has 4 rings (SSSR count). The lowest BCUT2D eigenvalue weighted by atomic mass is 10.0. The molecule has 0 radical (unpaired) electrons. The Morgan fingerprint density at radius 3 is 3.00 bits per heavy atom. The van der Waals surface area contributed by atoms with Crippen LogP contribution in [0.5, 0.6) is 0 Å². The number of amides is 1. The van der Waals surface area contributed by atoms with Gasteiger partial charge in [0.1, 0.15) is 0 Å². The summed E-state index contributed by atoms with van der Waals surface area (Å²) in [7, 11) is 0. The summed E-state index contributed by atoms with van der Waals surface area (Å²) in [6, 6.07) is 14.2. The van der Waals surface area contributed by atoms with E-state index in [2.05, 4.69) is 28.5 Å². The second kappa shape index (κ2) is 6.10. The van der Waals surface area contributed by atoms with E-state index in [0.29, 0.717) is 24.8 Å². The van der Waals surface area contributed by atoms with Gasteiger partial charge in [0.15, 0.2) is 5.13 Å². The number of benzene rings is 2. The molecule has 0 saturated heterocycles. The van der Waals surface area contributed by atoms with E-state index in [-0.39, 0.29) is 5.91 Å². The van der Waals surface area contributed by atoms with Crippen molar-refractivity contribution < 1.29 is 9.53 Å². The van der Waals surface area contributed by atoms with E-state index in [0.717, 1.165) is 33.3 Å². The highest BCUT2D eigenvalue weighted by atomic mass is 32.1. The molecule has 5 heteroatoms. The minimum atomic E-state index is -0.0339. The molecule has 0 aliphatic carbocycles. The molecule has 0 bridgehead atoms. The molecular formula is C18H16N2O2S. The smallest absolute Gasteiger partial charge is 0.230 e. The Balaban J connectivity index is 1.52. The number of aromatic nitrogens is 1.